The molecule has 0 fully saturated rings. The minimum absolute atomic E-state index is 0.0683. The Bertz CT molecular complexity index is 1230. The van der Waals surface area contributed by atoms with Crippen LogP contribution in [0.25, 0.3) is 28.1 Å². The molecule has 0 saturated heterocycles. The Hall–Kier alpha value is -3.92. The van der Waals surface area contributed by atoms with E-state index in [1.165, 1.54) is 22.3 Å². The lowest BCUT2D eigenvalue weighted by Crippen LogP contribution is -2.26. The molecule has 4 heteroatoms. The number of alkyl carbamates (subject to hydrolysis) is 1. The van der Waals surface area contributed by atoms with Crippen molar-refractivity contribution in [2.45, 2.75) is 5.92 Å². The van der Waals surface area contributed by atoms with Gasteiger partial charge in [-0.3, -0.25) is 4.98 Å². The average Bonchev–Trinajstić information content (AvgIpc) is 3.14. The third kappa shape index (κ3) is 3.92. The van der Waals surface area contributed by atoms with Crippen molar-refractivity contribution in [2.24, 2.45) is 0 Å². The first-order valence-electron chi connectivity index (χ1n) is 10.4. The van der Waals surface area contributed by atoms with Crippen LogP contribution < -0.4 is 5.32 Å². The highest BCUT2D eigenvalue weighted by Gasteiger charge is 2.28. The summed E-state index contributed by atoms with van der Waals surface area (Å²) in [7, 11) is 0. The van der Waals surface area contributed by atoms with Gasteiger partial charge in [-0.15, -0.1) is 0 Å². The van der Waals surface area contributed by atoms with Crippen molar-refractivity contribution in [1.82, 2.24) is 10.3 Å². The molecule has 4 aromatic rings. The van der Waals surface area contributed by atoms with Crippen LogP contribution in [0.2, 0.25) is 0 Å². The molecule has 1 aliphatic carbocycles. The topological polar surface area (TPSA) is 51.2 Å². The maximum Gasteiger partial charge on any atom is 0.407 e. The van der Waals surface area contributed by atoms with Gasteiger partial charge in [0.2, 0.25) is 0 Å². The van der Waals surface area contributed by atoms with E-state index in [0.29, 0.717) is 13.2 Å². The first-order chi connectivity index (χ1) is 15.3. The van der Waals surface area contributed by atoms with Crippen LogP contribution in [-0.4, -0.2) is 24.2 Å². The number of nitrogens with one attached hydrogen (secondary N) is 1. The van der Waals surface area contributed by atoms with Crippen LogP contribution in [0.4, 0.5) is 4.79 Å². The number of fused-ring (bicyclic) bond motifs is 4. The third-order valence-electron chi connectivity index (χ3n) is 5.65. The van der Waals surface area contributed by atoms with E-state index in [4.69, 9.17) is 4.74 Å². The van der Waals surface area contributed by atoms with Crippen molar-refractivity contribution in [2.75, 3.05) is 13.2 Å². The van der Waals surface area contributed by atoms with Gasteiger partial charge in [0, 0.05) is 24.0 Å². The van der Waals surface area contributed by atoms with Gasteiger partial charge in [-0.05, 0) is 39.9 Å². The van der Waals surface area contributed by atoms with Gasteiger partial charge in [-0.2, -0.15) is 0 Å². The second kappa shape index (κ2) is 8.44. The molecule has 1 N–H and O–H groups in total. The van der Waals surface area contributed by atoms with Crippen molar-refractivity contribution >= 4 is 23.1 Å². The maximum absolute atomic E-state index is 12.2. The minimum atomic E-state index is -0.410. The van der Waals surface area contributed by atoms with Crippen molar-refractivity contribution in [3.05, 3.63) is 108 Å². The fourth-order valence-corrected chi connectivity index (χ4v) is 4.17. The number of nitrogens with zero attached hydrogens (tertiary/aromatic N) is 1. The fourth-order valence-electron chi connectivity index (χ4n) is 4.17. The van der Waals surface area contributed by atoms with Gasteiger partial charge in [0.1, 0.15) is 6.61 Å². The first kappa shape index (κ1) is 19.1. The molecule has 3 aromatic carbocycles. The lowest BCUT2D eigenvalue weighted by atomic mass is 9.98. The summed E-state index contributed by atoms with van der Waals surface area (Å²) in [4.78, 5) is 16.6. The number of hydrogen-bond donors (Lipinski definition) is 1. The summed E-state index contributed by atoms with van der Waals surface area (Å²) >= 11 is 0. The lowest BCUT2D eigenvalue weighted by Gasteiger charge is -2.14. The van der Waals surface area contributed by atoms with Crippen molar-refractivity contribution in [3.8, 4) is 11.1 Å². The summed E-state index contributed by atoms with van der Waals surface area (Å²) in [6, 6.07) is 26.7. The van der Waals surface area contributed by atoms with Gasteiger partial charge < -0.3 is 10.1 Å². The zero-order valence-corrected chi connectivity index (χ0v) is 17.0. The van der Waals surface area contributed by atoms with Crippen LogP contribution in [-0.2, 0) is 4.74 Å². The first-order valence-corrected chi connectivity index (χ1v) is 10.4. The second-order valence-electron chi connectivity index (χ2n) is 7.56. The van der Waals surface area contributed by atoms with Crippen LogP contribution in [0, 0.1) is 0 Å². The predicted octanol–water partition coefficient (Wildman–Crippen LogP) is 5.79. The Kier molecular flexibility index (Phi) is 5.19. The molecule has 31 heavy (non-hydrogen) atoms. The van der Waals surface area contributed by atoms with Crippen LogP contribution in [0.5, 0.6) is 0 Å². The molecule has 4 nitrogen and oxygen atoms in total. The molecule has 1 aliphatic rings. The SMILES string of the molecule is O=C(NCC=Cc1ccc2cccnc2c1)OCC1c2ccccc2-c2ccccc21. The maximum atomic E-state index is 12.2. The predicted molar refractivity (Wildman–Crippen MR) is 124 cm³/mol. The molecular formula is C27H22N2O2. The molecule has 5 rings (SSSR count). The number of pyridine rings is 1. The van der Waals surface area contributed by atoms with E-state index in [0.717, 1.165) is 16.5 Å². The Morgan fingerprint density at radius 3 is 2.45 bits per heavy atom. The summed E-state index contributed by atoms with van der Waals surface area (Å²) in [6.45, 7) is 0.719. The molecular weight excluding hydrogens is 384 g/mol. The summed E-state index contributed by atoms with van der Waals surface area (Å²) in [5, 5.41) is 3.91. The highest BCUT2D eigenvalue weighted by Crippen LogP contribution is 2.44. The van der Waals surface area contributed by atoms with Crippen LogP contribution >= 0.6 is 0 Å². The van der Waals surface area contributed by atoms with E-state index in [1.807, 2.05) is 66.7 Å². The smallest absolute Gasteiger partial charge is 0.407 e. The highest BCUT2D eigenvalue weighted by atomic mass is 16.5. The van der Waals surface area contributed by atoms with E-state index >= 15 is 0 Å². The number of ether oxygens (including phenoxy) is 1. The zero-order valence-electron chi connectivity index (χ0n) is 17.0. The van der Waals surface area contributed by atoms with Crippen LogP contribution in [0.3, 0.4) is 0 Å². The van der Waals surface area contributed by atoms with Gasteiger partial charge in [0.15, 0.2) is 0 Å². The van der Waals surface area contributed by atoms with Crippen LogP contribution in [0.1, 0.15) is 22.6 Å². The molecule has 0 bridgehead atoms. The number of aromatic nitrogens is 1. The van der Waals surface area contributed by atoms with E-state index in [1.54, 1.807) is 6.20 Å². The summed E-state index contributed by atoms with van der Waals surface area (Å²) < 4.78 is 5.56. The molecule has 1 amide bonds. The highest BCUT2D eigenvalue weighted by molar-refractivity contribution is 5.81. The second-order valence-corrected chi connectivity index (χ2v) is 7.56. The molecule has 0 radical (unpaired) electrons. The van der Waals surface area contributed by atoms with Gasteiger partial charge in [-0.1, -0.05) is 78.9 Å². The zero-order chi connectivity index (χ0) is 21.0. The molecule has 0 unspecified atom stereocenters. The third-order valence-corrected chi connectivity index (χ3v) is 5.65. The molecule has 0 saturated carbocycles. The molecule has 1 aromatic heterocycles. The van der Waals surface area contributed by atoms with Gasteiger partial charge in [0.25, 0.3) is 0 Å². The Morgan fingerprint density at radius 1 is 0.935 bits per heavy atom. The minimum Gasteiger partial charge on any atom is -0.449 e. The molecule has 0 aliphatic heterocycles. The summed E-state index contributed by atoms with van der Waals surface area (Å²) in [5.41, 5.74) is 6.86. The fraction of sp³-hybridized carbons (Fsp3) is 0.111. The van der Waals surface area contributed by atoms with E-state index in [-0.39, 0.29) is 5.92 Å². The number of amides is 1. The standard InChI is InChI=1S/C27H22N2O2/c30-27(29-16-5-7-19-13-14-20-8-6-15-28-26(20)17-19)31-18-25-23-11-3-1-9-21(23)22-10-2-4-12-24(22)25/h1-15,17,25H,16,18H2,(H,29,30). The lowest BCUT2D eigenvalue weighted by molar-refractivity contribution is 0.144. The molecule has 152 valence electrons. The number of carbonyl (C=O) groups excluding carboxylic acids is 1. The Balaban J connectivity index is 1.17. The van der Waals surface area contributed by atoms with Crippen LogP contribution in [0.15, 0.2) is 91.1 Å². The van der Waals surface area contributed by atoms with Crippen molar-refractivity contribution in [3.63, 3.8) is 0 Å². The number of rotatable bonds is 5. The van der Waals surface area contributed by atoms with Gasteiger partial charge >= 0.3 is 6.09 Å². The Labute approximate surface area is 181 Å². The Morgan fingerprint density at radius 2 is 1.68 bits per heavy atom. The normalized spacial score (nSPS) is 12.6. The van der Waals surface area contributed by atoms with E-state index < -0.39 is 6.09 Å². The summed E-state index contributed by atoms with van der Waals surface area (Å²) in [5.74, 6) is 0.0683. The van der Waals surface area contributed by atoms with Crippen molar-refractivity contribution < 1.29 is 9.53 Å². The van der Waals surface area contributed by atoms with Crippen molar-refractivity contribution in [1.29, 1.82) is 0 Å². The molecule has 1 heterocycles. The average molecular weight is 406 g/mol. The van der Waals surface area contributed by atoms with E-state index in [9.17, 15) is 4.79 Å². The quantitative estimate of drug-likeness (QED) is 0.457. The number of carbonyl (C=O) groups is 1. The summed E-state index contributed by atoms with van der Waals surface area (Å²) in [6.07, 6.45) is 5.25. The molecule has 0 spiro atoms. The van der Waals surface area contributed by atoms with Gasteiger partial charge in [-0.25, -0.2) is 4.79 Å². The monoisotopic (exact) mass is 406 g/mol. The number of hydrogen-bond acceptors (Lipinski definition) is 3. The van der Waals surface area contributed by atoms with E-state index in [2.05, 4.69) is 34.6 Å². The number of benzene rings is 3. The molecule has 0 atom stereocenters. The largest absolute Gasteiger partial charge is 0.449 e. The van der Waals surface area contributed by atoms with Gasteiger partial charge in [0.05, 0.1) is 5.52 Å².